The highest BCUT2D eigenvalue weighted by Crippen LogP contribution is 2.28. The molecule has 1 saturated heterocycles. The highest BCUT2D eigenvalue weighted by molar-refractivity contribution is 7.99. The summed E-state index contributed by atoms with van der Waals surface area (Å²) < 4.78 is 5.06. The molecule has 0 aromatic rings. The van der Waals surface area contributed by atoms with Crippen LogP contribution in [0, 0.1) is 0 Å². The van der Waals surface area contributed by atoms with E-state index in [0.29, 0.717) is 18.7 Å². The fraction of sp³-hybridized carbons (Fsp3) is 0.933. The minimum absolute atomic E-state index is 0.148. The molecule has 20 heavy (non-hydrogen) atoms. The van der Waals surface area contributed by atoms with Crippen LogP contribution >= 0.6 is 11.8 Å². The maximum atomic E-state index is 11.7. The molecular formula is C15H28N2O2S. The molecule has 0 aromatic heterocycles. The predicted molar refractivity (Wildman–Crippen MR) is 84.3 cm³/mol. The quantitative estimate of drug-likeness (QED) is 0.867. The summed E-state index contributed by atoms with van der Waals surface area (Å²) in [5.41, 5.74) is 0. The third-order valence-electron chi connectivity index (χ3n) is 4.48. The summed E-state index contributed by atoms with van der Waals surface area (Å²) >= 11 is 2.01. The smallest absolute Gasteiger partial charge is 0.409 e. The van der Waals surface area contributed by atoms with Crippen molar-refractivity contribution in [3.05, 3.63) is 0 Å². The molecular weight excluding hydrogens is 272 g/mol. The van der Waals surface area contributed by atoms with Crippen molar-refractivity contribution in [2.75, 3.05) is 26.0 Å². The number of thioether (sulfide) groups is 1. The van der Waals surface area contributed by atoms with E-state index in [1.165, 1.54) is 25.7 Å². The monoisotopic (exact) mass is 300 g/mol. The van der Waals surface area contributed by atoms with Crippen molar-refractivity contribution < 1.29 is 9.53 Å². The molecule has 1 aliphatic heterocycles. The van der Waals surface area contributed by atoms with Crippen LogP contribution < -0.4 is 5.32 Å². The topological polar surface area (TPSA) is 41.6 Å². The van der Waals surface area contributed by atoms with Gasteiger partial charge in [0.2, 0.25) is 0 Å². The summed E-state index contributed by atoms with van der Waals surface area (Å²) in [6.45, 7) is 3.98. The molecule has 1 saturated carbocycles. The molecule has 0 aromatic carbocycles. The summed E-state index contributed by atoms with van der Waals surface area (Å²) in [7, 11) is 0. The molecule has 2 aliphatic rings. The van der Waals surface area contributed by atoms with E-state index < -0.39 is 0 Å². The molecule has 116 valence electrons. The van der Waals surface area contributed by atoms with Gasteiger partial charge in [-0.25, -0.2) is 4.79 Å². The Balaban J connectivity index is 1.74. The lowest BCUT2D eigenvalue weighted by molar-refractivity contribution is 0.0937. The van der Waals surface area contributed by atoms with Crippen molar-refractivity contribution in [1.29, 1.82) is 0 Å². The number of likely N-dealkylation sites (tertiary alicyclic amines) is 1. The van der Waals surface area contributed by atoms with Crippen LogP contribution in [0.3, 0.4) is 0 Å². The van der Waals surface area contributed by atoms with Gasteiger partial charge in [-0.05, 0) is 38.9 Å². The average Bonchev–Trinajstić information content (AvgIpc) is 2.49. The molecule has 2 rings (SSSR count). The van der Waals surface area contributed by atoms with Crippen molar-refractivity contribution >= 4 is 17.9 Å². The van der Waals surface area contributed by atoms with E-state index in [9.17, 15) is 4.79 Å². The zero-order valence-corrected chi connectivity index (χ0v) is 13.6. The Labute approximate surface area is 127 Å². The normalized spacial score (nSPS) is 28.4. The van der Waals surface area contributed by atoms with Crippen LogP contribution in [0.4, 0.5) is 4.79 Å². The van der Waals surface area contributed by atoms with Crippen LogP contribution in [0.2, 0.25) is 0 Å². The number of rotatable bonds is 4. The van der Waals surface area contributed by atoms with Crippen LogP contribution in [0.1, 0.15) is 45.4 Å². The number of carbonyl (C=O) groups is 1. The molecule has 1 aliphatic carbocycles. The van der Waals surface area contributed by atoms with E-state index in [1.54, 1.807) is 0 Å². The zero-order chi connectivity index (χ0) is 14.4. The van der Waals surface area contributed by atoms with Gasteiger partial charge in [0.25, 0.3) is 0 Å². The number of amides is 1. The summed E-state index contributed by atoms with van der Waals surface area (Å²) in [6.07, 6.45) is 9.58. The Morgan fingerprint density at radius 3 is 2.60 bits per heavy atom. The van der Waals surface area contributed by atoms with E-state index in [0.717, 1.165) is 31.2 Å². The average molecular weight is 300 g/mol. The number of piperidine rings is 1. The SMILES string of the molecule is CCOC(=O)N1CCC(NC2CCCCC2SC)CC1. The first-order valence-corrected chi connectivity index (χ1v) is 9.24. The van der Waals surface area contributed by atoms with Crippen LogP contribution in [0.5, 0.6) is 0 Å². The number of ether oxygens (including phenoxy) is 1. The number of nitrogens with one attached hydrogen (secondary N) is 1. The van der Waals surface area contributed by atoms with Crippen molar-refractivity contribution in [2.45, 2.75) is 62.8 Å². The van der Waals surface area contributed by atoms with Crippen molar-refractivity contribution in [3.63, 3.8) is 0 Å². The predicted octanol–water partition coefficient (Wildman–Crippen LogP) is 2.87. The first kappa shape index (κ1) is 16.0. The summed E-state index contributed by atoms with van der Waals surface area (Å²) in [5, 5.41) is 4.62. The molecule has 2 fully saturated rings. The Kier molecular flexibility index (Phi) is 6.49. The molecule has 1 amide bonds. The standard InChI is InChI=1S/C15H28N2O2S/c1-3-19-15(18)17-10-8-12(9-11-17)16-13-6-4-5-7-14(13)20-2/h12-14,16H,3-11H2,1-2H3. The second-order valence-electron chi connectivity index (χ2n) is 5.79. The van der Waals surface area contributed by atoms with E-state index in [-0.39, 0.29) is 6.09 Å². The second kappa shape index (κ2) is 8.13. The highest BCUT2D eigenvalue weighted by Gasteiger charge is 2.29. The molecule has 2 atom stereocenters. The van der Waals surface area contributed by atoms with Gasteiger partial charge in [-0.3, -0.25) is 0 Å². The molecule has 0 bridgehead atoms. The van der Waals surface area contributed by atoms with Gasteiger partial charge in [-0.15, -0.1) is 0 Å². The third-order valence-corrected chi connectivity index (χ3v) is 5.65. The zero-order valence-electron chi connectivity index (χ0n) is 12.8. The van der Waals surface area contributed by atoms with Gasteiger partial charge in [0.1, 0.15) is 0 Å². The number of carbonyl (C=O) groups excluding carboxylic acids is 1. The van der Waals surface area contributed by atoms with Crippen LogP contribution in [0.25, 0.3) is 0 Å². The van der Waals surface area contributed by atoms with Gasteiger partial charge in [0.05, 0.1) is 6.61 Å². The van der Waals surface area contributed by atoms with Gasteiger partial charge < -0.3 is 15.0 Å². The molecule has 1 N–H and O–H groups in total. The summed E-state index contributed by atoms with van der Waals surface area (Å²) in [5.74, 6) is 0. The van der Waals surface area contributed by atoms with Gasteiger partial charge >= 0.3 is 6.09 Å². The molecule has 4 nitrogen and oxygen atoms in total. The lowest BCUT2D eigenvalue weighted by Crippen LogP contribution is -2.51. The summed E-state index contributed by atoms with van der Waals surface area (Å²) in [6, 6.07) is 1.23. The van der Waals surface area contributed by atoms with Crippen LogP contribution in [-0.2, 0) is 4.74 Å². The van der Waals surface area contributed by atoms with Crippen molar-refractivity contribution in [1.82, 2.24) is 10.2 Å². The molecule has 1 heterocycles. The van der Waals surface area contributed by atoms with E-state index in [4.69, 9.17) is 4.74 Å². The molecule has 0 radical (unpaired) electrons. The van der Waals surface area contributed by atoms with Gasteiger partial charge in [0, 0.05) is 30.4 Å². The number of hydrogen-bond acceptors (Lipinski definition) is 4. The number of nitrogens with zero attached hydrogens (tertiary/aromatic N) is 1. The van der Waals surface area contributed by atoms with E-state index in [2.05, 4.69) is 11.6 Å². The fourth-order valence-corrected chi connectivity index (χ4v) is 4.26. The minimum Gasteiger partial charge on any atom is -0.450 e. The first-order chi connectivity index (χ1) is 9.74. The first-order valence-electron chi connectivity index (χ1n) is 7.95. The Morgan fingerprint density at radius 2 is 1.95 bits per heavy atom. The van der Waals surface area contributed by atoms with Gasteiger partial charge in [-0.1, -0.05) is 12.8 Å². The lowest BCUT2D eigenvalue weighted by atomic mass is 9.93. The molecule has 2 unspecified atom stereocenters. The van der Waals surface area contributed by atoms with Crippen molar-refractivity contribution in [3.8, 4) is 0 Å². The Bertz CT molecular complexity index is 306. The second-order valence-corrected chi connectivity index (χ2v) is 6.87. The Hall–Kier alpha value is -0.420. The molecule has 0 spiro atoms. The third kappa shape index (κ3) is 4.29. The Morgan fingerprint density at radius 1 is 1.25 bits per heavy atom. The summed E-state index contributed by atoms with van der Waals surface area (Å²) in [4.78, 5) is 13.5. The van der Waals surface area contributed by atoms with Gasteiger partial charge in [0.15, 0.2) is 0 Å². The van der Waals surface area contributed by atoms with Crippen molar-refractivity contribution in [2.24, 2.45) is 0 Å². The van der Waals surface area contributed by atoms with Gasteiger partial charge in [-0.2, -0.15) is 11.8 Å². The van der Waals surface area contributed by atoms with Crippen LogP contribution in [0.15, 0.2) is 0 Å². The maximum absolute atomic E-state index is 11.7. The number of hydrogen-bond donors (Lipinski definition) is 1. The van der Waals surface area contributed by atoms with E-state index >= 15 is 0 Å². The molecule has 5 heteroatoms. The fourth-order valence-electron chi connectivity index (χ4n) is 3.32. The lowest BCUT2D eigenvalue weighted by Gasteiger charge is -2.38. The minimum atomic E-state index is -0.148. The largest absolute Gasteiger partial charge is 0.450 e. The highest BCUT2D eigenvalue weighted by atomic mass is 32.2. The maximum Gasteiger partial charge on any atom is 0.409 e. The van der Waals surface area contributed by atoms with E-state index in [1.807, 2.05) is 23.6 Å². The van der Waals surface area contributed by atoms with Crippen LogP contribution in [-0.4, -0.2) is 54.3 Å².